The van der Waals surface area contributed by atoms with Gasteiger partial charge in [-0.2, -0.15) is 0 Å². The Bertz CT molecular complexity index is 861. The molecule has 3 nitrogen and oxygen atoms in total. The number of rotatable bonds is 4. The summed E-state index contributed by atoms with van der Waals surface area (Å²) < 4.78 is 0. The maximum atomic E-state index is 4.60. The van der Waals surface area contributed by atoms with E-state index in [1.54, 1.807) is 0 Å². The van der Waals surface area contributed by atoms with Gasteiger partial charge in [-0.05, 0) is 49.9 Å². The van der Waals surface area contributed by atoms with Crippen LogP contribution in [0, 0.1) is 27.7 Å². The molecule has 0 saturated carbocycles. The van der Waals surface area contributed by atoms with Crippen molar-refractivity contribution < 1.29 is 11.3 Å². The average molecular weight is 544 g/mol. The number of aromatic nitrogens is 1. The fourth-order valence-electron chi connectivity index (χ4n) is 2.82. The first kappa shape index (κ1) is 22.8. The summed E-state index contributed by atoms with van der Waals surface area (Å²) in [6, 6.07) is 16.3. The van der Waals surface area contributed by atoms with Gasteiger partial charge in [-0.15, -0.1) is 11.4 Å². The van der Waals surface area contributed by atoms with Crippen LogP contribution in [-0.2, 0) is 11.3 Å². The third-order valence-corrected chi connectivity index (χ3v) is 4.21. The molecule has 0 aliphatic rings. The van der Waals surface area contributed by atoms with Gasteiger partial charge < -0.3 is 4.98 Å². The van der Waals surface area contributed by atoms with Gasteiger partial charge in [-0.1, -0.05) is 48.5 Å². The van der Waals surface area contributed by atoms with E-state index >= 15 is 0 Å². The Balaban J connectivity index is 0.000000878. The standard InChI is InChI=1S/C22H22N3.2BrH.Fe/c1-15-7-5-8-16(2)21(15)23-13-19-11-12-20(25-19)14-24-22-17(3)9-6-10-18(22)4;;;/h5-14H,1-4H3;2*1H;/q-1;;;+3/p-2. The summed E-state index contributed by atoms with van der Waals surface area (Å²) >= 11 is 7.00. The summed E-state index contributed by atoms with van der Waals surface area (Å²) in [4.78, 5) is 13.8. The molecule has 0 N–H and O–H groups in total. The Kier molecular flexibility index (Phi) is 9.39. The van der Waals surface area contributed by atoms with Gasteiger partial charge in [0.2, 0.25) is 0 Å². The van der Waals surface area contributed by atoms with Crippen LogP contribution in [0.2, 0.25) is 0 Å². The normalized spacial score (nSPS) is 11.1. The topological polar surface area (TPSA) is 38.8 Å². The summed E-state index contributed by atoms with van der Waals surface area (Å²) in [5.74, 6) is 0. The van der Waals surface area contributed by atoms with E-state index in [2.05, 4.69) is 95.1 Å². The quantitative estimate of drug-likeness (QED) is 0.256. The van der Waals surface area contributed by atoms with Crippen LogP contribution in [0.4, 0.5) is 11.4 Å². The molecule has 0 unspecified atom stereocenters. The summed E-state index contributed by atoms with van der Waals surface area (Å²) in [5.41, 5.74) is 8.36. The molecule has 0 bridgehead atoms. The van der Waals surface area contributed by atoms with Crippen molar-refractivity contribution in [1.29, 1.82) is 0 Å². The molecular formula is C22H22Br2FeN3. The molecule has 0 radical (unpaired) electrons. The van der Waals surface area contributed by atoms with Crippen molar-refractivity contribution in [2.24, 2.45) is 9.98 Å². The van der Waals surface area contributed by atoms with Gasteiger partial charge in [0.1, 0.15) is 0 Å². The van der Waals surface area contributed by atoms with Gasteiger partial charge in [-0.3, -0.25) is 9.98 Å². The predicted octanol–water partition coefficient (Wildman–Crippen LogP) is 7.07. The summed E-state index contributed by atoms with van der Waals surface area (Å²) in [5, 5.41) is 0. The number of benzene rings is 2. The van der Waals surface area contributed by atoms with Crippen molar-refractivity contribution in [2.75, 3.05) is 0 Å². The van der Waals surface area contributed by atoms with Crippen LogP contribution in [0.3, 0.4) is 0 Å². The number of hydrogen-bond donors (Lipinski definition) is 0. The molecule has 0 aliphatic carbocycles. The fraction of sp³-hybridized carbons (Fsp3) is 0.182. The molecule has 0 aliphatic heterocycles. The molecule has 0 atom stereocenters. The fourth-order valence-corrected chi connectivity index (χ4v) is 2.82. The van der Waals surface area contributed by atoms with E-state index in [1.807, 2.05) is 36.7 Å². The number of aliphatic imine (C=N–C) groups is 2. The molecule has 2 aromatic carbocycles. The molecule has 0 spiro atoms. The zero-order valence-electron chi connectivity index (χ0n) is 16.2. The van der Waals surface area contributed by atoms with Crippen LogP contribution in [0.25, 0.3) is 0 Å². The summed E-state index contributed by atoms with van der Waals surface area (Å²) in [6.45, 7) is 8.28. The molecule has 147 valence electrons. The first-order valence-corrected chi connectivity index (χ1v) is 14.1. The van der Waals surface area contributed by atoms with E-state index < -0.39 is 0 Å². The molecular weight excluding hydrogens is 522 g/mol. The van der Waals surface area contributed by atoms with Gasteiger partial charge in [-0.25, -0.2) is 0 Å². The molecule has 1 aromatic heterocycles. The Morgan fingerprint density at radius 1 is 0.679 bits per heavy atom. The van der Waals surface area contributed by atoms with Crippen LogP contribution < -0.4 is 4.98 Å². The Morgan fingerprint density at radius 3 is 1.32 bits per heavy atom. The SMILES string of the molecule is Cc1cccc(C)c1N=Cc1ccc(C=Nc2c(C)cccc2C)[n-]1.[Br][Fe+][Br]. The van der Waals surface area contributed by atoms with Crippen molar-refractivity contribution in [3.8, 4) is 0 Å². The van der Waals surface area contributed by atoms with Gasteiger partial charge >= 0.3 is 39.6 Å². The van der Waals surface area contributed by atoms with Crippen LogP contribution in [0.15, 0.2) is 58.5 Å². The van der Waals surface area contributed by atoms with E-state index in [0.29, 0.717) is 0 Å². The monoisotopic (exact) mass is 542 g/mol. The first-order chi connectivity index (χ1) is 13.5. The minimum atomic E-state index is 0.839. The third-order valence-electron chi connectivity index (χ3n) is 4.21. The third kappa shape index (κ3) is 6.56. The molecule has 28 heavy (non-hydrogen) atoms. The average Bonchev–Trinajstić information content (AvgIpc) is 3.09. The van der Waals surface area contributed by atoms with E-state index in [0.717, 1.165) is 34.1 Å². The first-order valence-electron chi connectivity index (χ1n) is 8.65. The number of halogens is 2. The van der Waals surface area contributed by atoms with Crippen molar-refractivity contribution in [3.05, 3.63) is 82.2 Å². The van der Waals surface area contributed by atoms with Crippen LogP contribution in [0.1, 0.15) is 33.6 Å². The number of nitrogens with zero attached hydrogens (tertiary/aromatic N) is 3. The molecule has 3 rings (SSSR count). The zero-order chi connectivity index (χ0) is 20.5. The van der Waals surface area contributed by atoms with E-state index in [-0.39, 0.29) is 0 Å². The Labute approximate surface area is 187 Å². The van der Waals surface area contributed by atoms with Crippen molar-refractivity contribution >= 4 is 52.0 Å². The molecule has 0 amide bonds. The Hall–Kier alpha value is -1.46. The van der Waals surface area contributed by atoms with Crippen molar-refractivity contribution in [2.45, 2.75) is 27.7 Å². The number of para-hydroxylation sites is 2. The second-order valence-electron chi connectivity index (χ2n) is 6.34. The van der Waals surface area contributed by atoms with Gasteiger partial charge in [0.05, 0.1) is 11.4 Å². The summed E-state index contributed by atoms with van der Waals surface area (Å²) in [7, 11) is 0. The van der Waals surface area contributed by atoms with E-state index in [9.17, 15) is 0 Å². The molecule has 3 aromatic rings. The molecule has 1 heterocycles. The van der Waals surface area contributed by atoms with Crippen molar-refractivity contribution in [3.63, 3.8) is 0 Å². The van der Waals surface area contributed by atoms with Crippen LogP contribution in [-0.4, -0.2) is 12.4 Å². The summed E-state index contributed by atoms with van der Waals surface area (Å²) in [6.07, 6.45) is 3.62. The van der Waals surface area contributed by atoms with E-state index in [1.165, 1.54) is 22.3 Å². The van der Waals surface area contributed by atoms with Crippen molar-refractivity contribution in [1.82, 2.24) is 4.98 Å². The van der Waals surface area contributed by atoms with E-state index in [4.69, 9.17) is 0 Å². The second kappa shape index (κ2) is 11.5. The van der Waals surface area contributed by atoms with Gasteiger partial charge in [0.25, 0.3) is 0 Å². The van der Waals surface area contributed by atoms with Crippen LogP contribution >= 0.6 is 28.2 Å². The predicted molar refractivity (Wildman–Crippen MR) is 124 cm³/mol. The minimum absolute atomic E-state index is 0.839. The van der Waals surface area contributed by atoms with Crippen LogP contribution in [0.5, 0.6) is 0 Å². The number of hydrogen-bond acceptors (Lipinski definition) is 2. The molecule has 6 heteroatoms. The second-order valence-corrected chi connectivity index (χ2v) is 11.9. The Morgan fingerprint density at radius 2 is 1.00 bits per heavy atom. The maximum absolute atomic E-state index is 4.60. The molecule has 0 fully saturated rings. The number of aryl methyl sites for hydroxylation is 4. The van der Waals surface area contributed by atoms with Gasteiger partial charge in [0, 0.05) is 12.4 Å². The molecule has 0 saturated heterocycles. The van der Waals surface area contributed by atoms with Gasteiger partial charge in [0.15, 0.2) is 0 Å². The zero-order valence-corrected chi connectivity index (χ0v) is 20.5.